The number of hydrogen-bond acceptors (Lipinski definition) is 3. The van der Waals surface area contributed by atoms with Crippen molar-refractivity contribution in [1.82, 2.24) is 14.5 Å². The number of nitrogens with one attached hydrogen (secondary N) is 1. The molecular formula is C22H23F4N3O2. The summed E-state index contributed by atoms with van der Waals surface area (Å²) in [6.45, 7) is 3.94. The average Bonchev–Trinajstić information content (AvgIpc) is 3.14. The van der Waals surface area contributed by atoms with Gasteiger partial charge in [-0.05, 0) is 51.7 Å². The van der Waals surface area contributed by atoms with Crippen molar-refractivity contribution in [2.45, 2.75) is 58.4 Å². The summed E-state index contributed by atoms with van der Waals surface area (Å²) in [7, 11) is 0. The van der Waals surface area contributed by atoms with E-state index in [1.165, 1.54) is 6.07 Å². The SMILES string of the molecule is CCn1c(=O)ccc2[nH]cc(-c3cc(C)nc(OC4CCC(C(F)(F)F)CC4)c3F)c21. The second-order valence-electron chi connectivity index (χ2n) is 7.94. The van der Waals surface area contributed by atoms with Crippen LogP contribution in [0.1, 0.15) is 38.3 Å². The Morgan fingerprint density at radius 3 is 2.55 bits per heavy atom. The number of aryl methyl sites for hydroxylation is 2. The van der Waals surface area contributed by atoms with Crippen molar-refractivity contribution < 1.29 is 22.3 Å². The van der Waals surface area contributed by atoms with Crippen molar-refractivity contribution in [1.29, 1.82) is 0 Å². The van der Waals surface area contributed by atoms with Gasteiger partial charge in [-0.2, -0.15) is 13.2 Å². The predicted octanol–water partition coefficient (Wildman–Crippen LogP) is 5.36. The molecule has 3 aromatic rings. The summed E-state index contributed by atoms with van der Waals surface area (Å²) in [5.74, 6) is -2.25. The minimum Gasteiger partial charge on any atom is -0.472 e. The van der Waals surface area contributed by atoms with Gasteiger partial charge in [0, 0.05) is 35.6 Å². The van der Waals surface area contributed by atoms with E-state index in [1.54, 1.807) is 29.8 Å². The Bertz CT molecular complexity index is 1160. The summed E-state index contributed by atoms with van der Waals surface area (Å²) < 4.78 is 61.4. The molecule has 0 aromatic carbocycles. The number of ether oxygens (including phenoxy) is 1. The van der Waals surface area contributed by atoms with Gasteiger partial charge in [0.2, 0.25) is 0 Å². The van der Waals surface area contributed by atoms with E-state index in [-0.39, 0.29) is 42.7 Å². The number of aromatic nitrogens is 3. The number of pyridine rings is 2. The average molecular weight is 437 g/mol. The molecular weight excluding hydrogens is 414 g/mol. The third-order valence-corrected chi connectivity index (χ3v) is 5.89. The van der Waals surface area contributed by atoms with Gasteiger partial charge in [0.25, 0.3) is 11.4 Å². The third kappa shape index (κ3) is 4.05. The molecule has 0 unspecified atom stereocenters. The summed E-state index contributed by atoms with van der Waals surface area (Å²) >= 11 is 0. The number of aromatic amines is 1. The summed E-state index contributed by atoms with van der Waals surface area (Å²) in [5, 5.41) is 0. The topological polar surface area (TPSA) is 59.9 Å². The van der Waals surface area contributed by atoms with Crippen molar-refractivity contribution in [2.75, 3.05) is 0 Å². The normalized spacial score (nSPS) is 19.7. The van der Waals surface area contributed by atoms with Crippen molar-refractivity contribution in [3.63, 3.8) is 0 Å². The number of rotatable bonds is 4. The van der Waals surface area contributed by atoms with Crippen LogP contribution in [0.5, 0.6) is 5.88 Å². The van der Waals surface area contributed by atoms with Gasteiger partial charge in [0.15, 0.2) is 5.82 Å². The number of alkyl halides is 3. The van der Waals surface area contributed by atoms with Crippen LogP contribution >= 0.6 is 0 Å². The van der Waals surface area contributed by atoms with E-state index in [4.69, 9.17) is 4.74 Å². The molecule has 1 fully saturated rings. The van der Waals surface area contributed by atoms with E-state index in [2.05, 4.69) is 9.97 Å². The van der Waals surface area contributed by atoms with Crippen LogP contribution in [0.4, 0.5) is 17.6 Å². The number of H-pyrrole nitrogens is 1. The Morgan fingerprint density at radius 1 is 1.19 bits per heavy atom. The van der Waals surface area contributed by atoms with Gasteiger partial charge >= 0.3 is 6.18 Å². The van der Waals surface area contributed by atoms with Gasteiger partial charge in [0.05, 0.1) is 17.0 Å². The molecule has 0 spiro atoms. The molecule has 3 aromatic heterocycles. The first kappa shape index (κ1) is 21.4. The fourth-order valence-electron chi connectivity index (χ4n) is 4.29. The van der Waals surface area contributed by atoms with Gasteiger partial charge in [-0.3, -0.25) is 4.79 Å². The Hall–Kier alpha value is -2.84. The molecule has 3 heterocycles. The number of nitrogens with zero attached hydrogens (tertiary/aromatic N) is 2. The maximum absolute atomic E-state index is 15.4. The minimum atomic E-state index is -4.21. The zero-order valence-electron chi connectivity index (χ0n) is 17.2. The highest BCUT2D eigenvalue weighted by atomic mass is 19.4. The van der Waals surface area contributed by atoms with Gasteiger partial charge in [-0.25, -0.2) is 9.37 Å². The molecule has 0 radical (unpaired) electrons. The van der Waals surface area contributed by atoms with Crippen LogP contribution in [-0.4, -0.2) is 26.8 Å². The van der Waals surface area contributed by atoms with E-state index >= 15 is 4.39 Å². The largest absolute Gasteiger partial charge is 0.472 e. The molecule has 9 heteroatoms. The zero-order chi connectivity index (χ0) is 22.3. The van der Waals surface area contributed by atoms with Crippen LogP contribution in [0.2, 0.25) is 0 Å². The van der Waals surface area contributed by atoms with Crippen LogP contribution in [0.25, 0.3) is 22.2 Å². The van der Waals surface area contributed by atoms with E-state index in [9.17, 15) is 18.0 Å². The van der Waals surface area contributed by atoms with Crippen molar-refractivity contribution in [3.8, 4) is 17.0 Å². The van der Waals surface area contributed by atoms with E-state index < -0.39 is 24.0 Å². The molecule has 0 saturated heterocycles. The molecule has 1 saturated carbocycles. The van der Waals surface area contributed by atoms with Crippen molar-refractivity contribution in [3.05, 3.63) is 46.3 Å². The van der Waals surface area contributed by atoms with Gasteiger partial charge in [-0.1, -0.05) is 0 Å². The molecule has 31 heavy (non-hydrogen) atoms. The van der Waals surface area contributed by atoms with Crippen LogP contribution in [-0.2, 0) is 6.54 Å². The molecule has 1 aliphatic rings. The van der Waals surface area contributed by atoms with Gasteiger partial charge in [0.1, 0.15) is 6.10 Å². The van der Waals surface area contributed by atoms with Crippen molar-refractivity contribution >= 4 is 11.0 Å². The summed E-state index contributed by atoms with van der Waals surface area (Å²) in [5.41, 5.74) is 2.31. The zero-order valence-corrected chi connectivity index (χ0v) is 17.2. The Balaban J connectivity index is 1.68. The third-order valence-electron chi connectivity index (χ3n) is 5.89. The van der Waals surface area contributed by atoms with E-state index in [1.807, 2.05) is 6.92 Å². The molecule has 1 N–H and O–H groups in total. The Kier molecular flexibility index (Phi) is 5.53. The monoisotopic (exact) mass is 437 g/mol. The highest BCUT2D eigenvalue weighted by Gasteiger charge is 2.42. The lowest BCUT2D eigenvalue weighted by Crippen LogP contribution is -2.32. The summed E-state index contributed by atoms with van der Waals surface area (Å²) in [6.07, 6.45) is -2.80. The van der Waals surface area contributed by atoms with Crippen LogP contribution in [0, 0.1) is 18.7 Å². The molecule has 0 aliphatic heterocycles. The van der Waals surface area contributed by atoms with Crippen molar-refractivity contribution in [2.24, 2.45) is 5.92 Å². The second kappa shape index (κ2) is 8.01. The lowest BCUT2D eigenvalue weighted by molar-refractivity contribution is -0.185. The molecule has 1 aliphatic carbocycles. The fourth-order valence-corrected chi connectivity index (χ4v) is 4.29. The van der Waals surface area contributed by atoms with Crippen LogP contribution in [0.3, 0.4) is 0 Å². The van der Waals surface area contributed by atoms with E-state index in [0.717, 1.165) is 0 Å². The predicted molar refractivity (Wildman–Crippen MR) is 109 cm³/mol. The molecule has 166 valence electrons. The maximum atomic E-state index is 15.4. The van der Waals surface area contributed by atoms with Crippen LogP contribution < -0.4 is 10.3 Å². The number of halogens is 4. The molecule has 0 amide bonds. The minimum absolute atomic E-state index is 0.0420. The summed E-state index contributed by atoms with van der Waals surface area (Å²) in [6, 6.07) is 4.67. The first-order valence-electron chi connectivity index (χ1n) is 10.3. The molecule has 0 atom stereocenters. The standard InChI is InChI=1S/C22H23F4N3O2/c1-3-29-18(30)9-8-17-20(29)16(11-27-17)15-10-12(2)28-21(19(15)23)31-14-6-4-13(5-7-14)22(24,25)26/h8-11,13-14,27H,3-7H2,1-2H3. The second-order valence-corrected chi connectivity index (χ2v) is 7.94. The highest BCUT2D eigenvalue weighted by Crippen LogP contribution is 2.39. The lowest BCUT2D eigenvalue weighted by Gasteiger charge is -2.30. The Labute approximate surface area is 176 Å². The van der Waals surface area contributed by atoms with Gasteiger partial charge in [-0.15, -0.1) is 0 Å². The molecule has 5 nitrogen and oxygen atoms in total. The first-order valence-corrected chi connectivity index (χ1v) is 10.3. The first-order chi connectivity index (χ1) is 14.7. The highest BCUT2D eigenvalue weighted by molar-refractivity contribution is 5.93. The number of fused-ring (bicyclic) bond motifs is 1. The molecule has 4 rings (SSSR count). The maximum Gasteiger partial charge on any atom is 0.391 e. The fraction of sp³-hybridized carbons (Fsp3) is 0.455. The van der Waals surface area contributed by atoms with Crippen LogP contribution in [0.15, 0.2) is 29.2 Å². The van der Waals surface area contributed by atoms with Gasteiger partial charge < -0.3 is 14.3 Å². The molecule has 0 bridgehead atoms. The number of hydrogen-bond donors (Lipinski definition) is 1. The quantitative estimate of drug-likeness (QED) is 0.559. The van der Waals surface area contributed by atoms with E-state index in [0.29, 0.717) is 28.8 Å². The lowest BCUT2D eigenvalue weighted by atomic mass is 9.87. The smallest absolute Gasteiger partial charge is 0.391 e. The summed E-state index contributed by atoms with van der Waals surface area (Å²) in [4.78, 5) is 19.5. The Morgan fingerprint density at radius 2 is 1.90 bits per heavy atom.